The zero-order chi connectivity index (χ0) is 16.7. The van der Waals surface area contributed by atoms with Gasteiger partial charge in [-0.2, -0.15) is 0 Å². The minimum Gasteiger partial charge on any atom is -0.392 e. The van der Waals surface area contributed by atoms with Gasteiger partial charge in [-0.05, 0) is 48.3 Å². The summed E-state index contributed by atoms with van der Waals surface area (Å²) in [6.07, 6.45) is 2.72. The highest BCUT2D eigenvalue weighted by Crippen LogP contribution is 2.46. The highest BCUT2D eigenvalue weighted by molar-refractivity contribution is 7.08. The summed E-state index contributed by atoms with van der Waals surface area (Å²) in [6, 6.07) is 8.34. The lowest BCUT2D eigenvalue weighted by Gasteiger charge is -2.42. The fourth-order valence-electron chi connectivity index (χ4n) is 4.22. The van der Waals surface area contributed by atoms with E-state index in [1.54, 1.807) is 0 Å². The van der Waals surface area contributed by atoms with Crippen LogP contribution < -0.4 is 0 Å². The number of benzene rings is 1. The number of fused-ring (bicyclic) bond motifs is 2. The van der Waals surface area contributed by atoms with E-state index in [1.807, 2.05) is 24.0 Å². The first-order chi connectivity index (χ1) is 11.7. The Bertz CT molecular complexity index is 765. The van der Waals surface area contributed by atoms with Crippen LogP contribution in [0.25, 0.3) is 0 Å². The first-order valence-corrected chi connectivity index (χ1v) is 9.30. The molecule has 24 heavy (non-hydrogen) atoms. The van der Waals surface area contributed by atoms with Crippen molar-refractivity contribution in [2.24, 2.45) is 0 Å². The summed E-state index contributed by atoms with van der Waals surface area (Å²) in [7, 11) is 0. The molecule has 5 nitrogen and oxygen atoms in total. The highest BCUT2D eigenvalue weighted by atomic mass is 32.1. The van der Waals surface area contributed by atoms with E-state index in [2.05, 4.69) is 21.7 Å². The molecule has 6 heteroatoms. The molecular formula is C18H21N3O2S. The molecule has 0 saturated carbocycles. The molecule has 2 heterocycles. The van der Waals surface area contributed by atoms with Gasteiger partial charge in [-0.25, -0.2) is 0 Å². The number of likely N-dealkylation sites (tertiary alicyclic amines) is 1. The largest absolute Gasteiger partial charge is 0.392 e. The van der Waals surface area contributed by atoms with E-state index in [-0.39, 0.29) is 17.4 Å². The number of carbonyl (C=O) groups is 1. The van der Waals surface area contributed by atoms with Crippen LogP contribution >= 0.6 is 11.5 Å². The van der Waals surface area contributed by atoms with Gasteiger partial charge < -0.3 is 10.0 Å². The summed E-state index contributed by atoms with van der Waals surface area (Å²) in [4.78, 5) is 15.3. The van der Waals surface area contributed by atoms with Gasteiger partial charge in [0.05, 0.1) is 11.8 Å². The minimum atomic E-state index is -0.344. The highest BCUT2D eigenvalue weighted by Gasteiger charge is 2.48. The number of aromatic nitrogens is 2. The number of rotatable bonds is 2. The van der Waals surface area contributed by atoms with Crippen LogP contribution in [0.4, 0.5) is 0 Å². The van der Waals surface area contributed by atoms with Crippen molar-refractivity contribution < 1.29 is 9.90 Å². The van der Waals surface area contributed by atoms with Gasteiger partial charge in [0.2, 0.25) is 0 Å². The molecule has 0 bridgehead atoms. The van der Waals surface area contributed by atoms with Gasteiger partial charge in [-0.1, -0.05) is 35.7 Å². The molecule has 1 saturated heterocycles. The quantitative estimate of drug-likeness (QED) is 0.908. The summed E-state index contributed by atoms with van der Waals surface area (Å²) >= 11 is 1.19. The van der Waals surface area contributed by atoms with Gasteiger partial charge >= 0.3 is 0 Å². The Labute approximate surface area is 145 Å². The number of nitrogens with zero attached hydrogens (tertiary/aromatic N) is 3. The van der Waals surface area contributed by atoms with E-state index in [0.717, 1.165) is 31.4 Å². The lowest BCUT2D eigenvalue weighted by atomic mass is 9.72. The van der Waals surface area contributed by atoms with Crippen LogP contribution in [0.1, 0.15) is 46.3 Å². The van der Waals surface area contributed by atoms with Crippen LogP contribution in [0, 0.1) is 0 Å². The van der Waals surface area contributed by atoms with Crippen molar-refractivity contribution in [3.8, 4) is 0 Å². The van der Waals surface area contributed by atoms with Crippen molar-refractivity contribution >= 4 is 17.4 Å². The zero-order valence-corrected chi connectivity index (χ0v) is 14.6. The van der Waals surface area contributed by atoms with E-state index in [0.29, 0.717) is 18.0 Å². The number of carbonyl (C=O) groups excluding carboxylic acids is 1. The Balaban J connectivity index is 1.54. The number of aliphatic hydroxyl groups is 1. The molecule has 126 valence electrons. The molecular weight excluding hydrogens is 322 g/mol. The van der Waals surface area contributed by atoms with Gasteiger partial charge in [0, 0.05) is 18.5 Å². The molecule has 2 aromatic rings. The molecule has 1 amide bonds. The Morgan fingerprint density at radius 3 is 2.88 bits per heavy atom. The molecule has 1 spiro atoms. The smallest absolute Gasteiger partial charge is 0.267 e. The third kappa shape index (κ3) is 2.28. The predicted octanol–water partition coefficient (Wildman–Crippen LogP) is 2.19. The molecule has 4 rings (SSSR count). The first-order valence-electron chi connectivity index (χ1n) is 8.52. The van der Waals surface area contributed by atoms with Crippen LogP contribution in [-0.4, -0.2) is 44.7 Å². The van der Waals surface area contributed by atoms with Crippen molar-refractivity contribution in [2.45, 2.75) is 44.1 Å². The molecule has 1 aliphatic carbocycles. The summed E-state index contributed by atoms with van der Waals surface area (Å²) in [5.74, 6) is 0.0393. The van der Waals surface area contributed by atoms with Gasteiger partial charge in [-0.3, -0.25) is 4.79 Å². The van der Waals surface area contributed by atoms with Crippen LogP contribution in [0.3, 0.4) is 0 Å². The number of hydrogen-bond donors (Lipinski definition) is 1. The van der Waals surface area contributed by atoms with E-state index in [9.17, 15) is 9.90 Å². The second kappa shape index (κ2) is 5.93. The molecule has 0 radical (unpaired) electrons. The summed E-state index contributed by atoms with van der Waals surface area (Å²) in [6.45, 7) is 3.33. The van der Waals surface area contributed by atoms with Gasteiger partial charge in [0.25, 0.3) is 5.91 Å². The van der Waals surface area contributed by atoms with Gasteiger partial charge in [-0.15, -0.1) is 5.10 Å². The molecule has 1 fully saturated rings. The fourth-order valence-corrected chi connectivity index (χ4v) is 4.94. The van der Waals surface area contributed by atoms with Crippen molar-refractivity contribution in [1.29, 1.82) is 0 Å². The number of piperidine rings is 1. The maximum atomic E-state index is 12.8. The Kier molecular flexibility index (Phi) is 3.89. The predicted molar refractivity (Wildman–Crippen MR) is 92.3 cm³/mol. The Hall–Kier alpha value is -1.79. The first kappa shape index (κ1) is 15.7. The molecule has 1 aliphatic heterocycles. The minimum absolute atomic E-state index is 0.0393. The maximum Gasteiger partial charge on any atom is 0.267 e. The second-order valence-electron chi connectivity index (χ2n) is 6.73. The van der Waals surface area contributed by atoms with E-state index in [4.69, 9.17) is 0 Å². The summed E-state index contributed by atoms with van der Waals surface area (Å²) in [5.41, 5.74) is 3.13. The summed E-state index contributed by atoms with van der Waals surface area (Å²) in [5, 5.41) is 14.7. The van der Waals surface area contributed by atoms with E-state index >= 15 is 0 Å². The van der Waals surface area contributed by atoms with Crippen LogP contribution in [0.15, 0.2) is 24.3 Å². The number of aryl methyl sites for hydroxylation is 1. The van der Waals surface area contributed by atoms with Gasteiger partial charge in [0.15, 0.2) is 0 Å². The molecule has 1 N–H and O–H groups in total. The SMILES string of the molecule is CCc1nnsc1C(=O)N1CCC2(CC1)c1ccccc1C[C@H]2O. The van der Waals surface area contributed by atoms with Crippen molar-refractivity contribution in [3.63, 3.8) is 0 Å². The van der Waals surface area contributed by atoms with Crippen molar-refractivity contribution in [3.05, 3.63) is 46.0 Å². The fraction of sp³-hybridized carbons (Fsp3) is 0.500. The number of amides is 1. The van der Waals surface area contributed by atoms with Crippen LogP contribution in [-0.2, 0) is 18.3 Å². The number of aliphatic hydroxyl groups excluding tert-OH is 1. The van der Waals surface area contributed by atoms with E-state index in [1.165, 1.54) is 22.7 Å². The molecule has 2 aliphatic rings. The average molecular weight is 343 g/mol. The molecule has 0 unspecified atom stereocenters. The molecule has 1 atom stereocenters. The van der Waals surface area contributed by atoms with Crippen LogP contribution in [0.2, 0.25) is 0 Å². The normalized spacial score (nSPS) is 21.9. The summed E-state index contributed by atoms with van der Waals surface area (Å²) < 4.78 is 3.93. The lowest BCUT2D eigenvalue weighted by Crippen LogP contribution is -2.49. The number of hydrogen-bond acceptors (Lipinski definition) is 5. The Morgan fingerprint density at radius 1 is 1.38 bits per heavy atom. The molecule has 1 aromatic heterocycles. The average Bonchev–Trinajstić information content (AvgIpc) is 3.19. The third-order valence-corrected chi connectivity index (χ3v) is 6.39. The Morgan fingerprint density at radius 2 is 2.12 bits per heavy atom. The van der Waals surface area contributed by atoms with E-state index < -0.39 is 0 Å². The van der Waals surface area contributed by atoms with Crippen molar-refractivity contribution in [1.82, 2.24) is 14.5 Å². The maximum absolute atomic E-state index is 12.8. The van der Waals surface area contributed by atoms with Crippen molar-refractivity contribution in [2.75, 3.05) is 13.1 Å². The molecule has 1 aromatic carbocycles. The zero-order valence-electron chi connectivity index (χ0n) is 13.7. The third-order valence-electron chi connectivity index (χ3n) is 5.63. The standard InChI is InChI=1S/C18H21N3O2S/c1-2-14-16(24-20-19-14)17(23)21-9-7-18(8-10-21)13-6-4-3-5-12(13)11-15(18)22/h3-6,15,22H,2,7-11H2,1H3/t15-/m1/s1. The monoisotopic (exact) mass is 343 g/mol. The second-order valence-corrected chi connectivity index (χ2v) is 7.48. The van der Waals surface area contributed by atoms with Crippen LogP contribution in [0.5, 0.6) is 0 Å². The topological polar surface area (TPSA) is 66.3 Å². The lowest BCUT2D eigenvalue weighted by molar-refractivity contribution is 0.0367. The van der Waals surface area contributed by atoms with Gasteiger partial charge in [0.1, 0.15) is 4.88 Å².